The number of primary amides is 1. The van der Waals surface area contributed by atoms with Crippen molar-refractivity contribution in [3.05, 3.63) is 63.6 Å². The largest absolute Gasteiger partial charge is 0.369 e. The molecule has 2 aromatic carbocycles. The molecule has 108 valence electrons. The van der Waals surface area contributed by atoms with Crippen molar-refractivity contribution in [2.75, 3.05) is 5.32 Å². The average Bonchev–Trinajstić information content (AvgIpc) is 2.40. The van der Waals surface area contributed by atoms with Crippen LogP contribution in [0.4, 0.5) is 5.69 Å². The van der Waals surface area contributed by atoms with Gasteiger partial charge in [0.25, 0.3) is 5.91 Å². The monoisotopic (exact) mass is 322 g/mol. The van der Waals surface area contributed by atoms with Crippen molar-refractivity contribution in [3.63, 3.8) is 0 Å². The molecular formula is C15H12Cl2N2O2. The van der Waals surface area contributed by atoms with Gasteiger partial charge in [0.05, 0.1) is 17.0 Å². The first kappa shape index (κ1) is 15.4. The van der Waals surface area contributed by atoms with Gasteiger partial charge in [-0.3, -0.25) is 9.59 Å². The standard InChI is InChI=1S/C15H12Cl2N2O2/c16-10-3-6-12(13(17)8-10)15(21)19-11-4-1-9(2-5-11)7-14(18)20/h1-6,8H,7H2,(H2,18,20)(H,19,21). The zero-order chi connectivity index (χ0) is 15.4. The molecule has 0 fully saturated rings. The maximum absolute atomic E-state index is 12.1. The predicted molar refractivity (Wildman–Crippen MR) is 83.8 cm³/mol. The van der Waals surface area contributed by atoms with E-state index in [0.29, 0.717) is 16.3 Å². The zero-order valence-electron chi connectivity index (χ0n) is 10.9. The van der Waals surface area contributed by atoms with Gasteiger partial charge in [-0.2, -0.15) is 0 Å². The Balaban J connectivity index is 2.10. The molecule has 2 amide bonds. The molecule has 0 spiro atoms. The van der Waals surface area contributed by atoms with Crippen LogP contribution in [0.1, 0.15) is 15.9 Å². The molecule has 0 aliphatic carbocycles. The maximum atomic E-state index is 12.1. The van der Waals surface area contributed by atoms with Gasteiger partial charge in [-0.25, -0.2) is 0 Å². The van der Waals surface area contributed by atoms with E-state index in [1.54, 1.807) is 36.4 Å². The topological polar surface area (TPSA) is 72.2 Å². The maximum Gasteiger partial charge on any atom is 0.257 e. The number of halogens is 2. The van der Waals surface area contributed by atoms with Crippen LogP contribution in [-0.2, 0) is 11.2 Å². The second-order valence-corrected chi connectivity index (χ2v) is 5.26. The molecule has 0 bridgehead atoms. The third kappa shape index (κ3) is 4.21. The molecular weight excluding hydrogens is 311 g/mol. The number of hydrogen-bond donors (Lipinski definition) is 2. The van der Waals surface area contributed by atoms with Crippen LogP contribution in [0.15, 0.2) is 42.5 Å². The highest BCUT2D eigenvalue weighted by Gasteiger charge is 2.11. The smallest absolute Gasteiger partial charge is 0.257 e. The van der Waals surface area contributed by atoms with E-state index in [2.05, 4.69) is 5.32 Å². The van der Waals surface area contributed by atoms with E-state index in [9.17, 15) is 9.59 Å². The van der Waals surface area contributed by atoms with Crippen LogP contribution in [0.2, 0.25) is 10.0 Å². The Morgan fingerprint density at radius 1 is 1.05 bits per heavy atom. The van der Waals surface area contributed by atoms with Crippen LogP contribution >= 0.6 is 23.2 Å². The van der Waals surface area contributed by atoms with Gasteiger partial charge in [-0.15, -0.1) is 0 Å². The van der Waals surface area contributed by atoms with Gasteiger partial charge in [-0.1, -0.05) is 35.3 Å². The lowest BCUT2D eigenvalue weighted by Gasteiger charge is -2.07. The van der Waals surface area contributed by atoms with Crippen molar-refractivity contribution in [2.24, 2.45) is 5.73 Å². The van der Waals surface area contributed by atoms with E-state index in [4.69, 9.17) is 28.9 Å². The highest BCUT2D eigenvalue weighted by molar-refractivity contribution is 6.37. The normalized spacial score (nSPS) is 10.2. The summed E-state index contributed by atoms with van der Waals surface area (Å²) in [6.45, 7) is 0. The molecule has 6 heteroatoms. The number of amides is 2. The number of anilines is 1. The summed E-state index contributed by atoms with van der Waals surface area (Å²) in [6.07, 6.45) is 0.164. The highest BCUT2D eigenvalue weighted by atomic mass is 35.5. The molecule has 0 aliphatic rings. The molecule has 0 radical (unpaired) electrons. The van der Waals surface area contributed by atoms with E-state index < -0.39 is 5.91 Å². The minimum absolute atomic E-state index is 0.164. The Bertz CT molecular complexity index is 685. The molecule has 2 aromatic rings. The lowest BCUT2D eigenvalue weighted by atomic mass is 10.1. The fourth-order valence-electron chi connectivity index (χ4n) is 1.78. The summed E-state index contributed by atoms with van der Waals surface area (Å²) in [4.78, 5) is 22.9. The molecule has 0 aromatic heterocycles. The van der Waals surface area contributed by atoms with Crippen LogP contribution in [0.25, 0.3) is 0 Å². The molecule has 21 heavy (non-hydrogen) atoms. The fourth-order valence-corrected chi connectivity index (χ4v) is 2.27. The lowest BCUT2D eigenvalue weighted by Crippen LogP contribution is -2.14. The summed E-state index contributed by atoms with van der Waals surface area (Å²) in [6, 6.07) is 11.5. The summed E-state index contributed by atoms with van der Waals surface area (Å²) in [7, 11) is 0. The van der Waals surface area contributed by atoms with E-state index in [-0.39, 0.29) is 17.4 Å². The average molecular weight is 323 g/mol. The third-order valence-electron chi connectivity index (χ3n) is 2.77. The SMILES string of the molecule is NC(=O)Cc1ccc(NC(=O)c2ccc(Cl)cc2Cl)cc1. The Kier molecular flexibility index (Phi) is 4.83. The molecule has 0 heterocycles. The molecule has 3 N–H and O–H groups in total. The predicted octanol–water partition coefficient (Wildman–Crippen LogP) is 3.27. The van der Waals surface area contributed by atoms with Gasteiger partial charge in [0, 0.05) is 10.7 Å². The summed E-state index contributed by atoms with van der Waals surface area (Å²) in [5.41, 5.74) is 6.83. The van der Waals surface area contributed by atoms with Gasteiger partial charge < -0.3 is 11.1 Å². The van der Waals surface area contributed by atoms with Crippen molar-refractivity contribution >= 4 is 40.7 Å². The Morgan fingerprint density at radius 2 is 1.71 bits per heavy atom. The first-order chi connectivity index (χ1) is 9.95. The molecule has 4 nitrogen and oxygen atoms in total. The minimum Gasteiger partial charge on any atom is -0.369 e. The second kappa shape index (κ2) is 6.61. The summed E-state index contributed by atoms with van der Waals surface area (Å²) >= 11 is 11.8. The molecule has 0 aliphatic heterocycles. The van der Waals surface area contributed by atoms with E-state index in [1.807, 2.05) is 0 Å². The fraction of sp³-hybridized carbons (Fsp3) is 0.0667. The van der Waals surface area contributed by atoms with Crippen molar-refractivity contribution in [1.29, 1.82) is 0 Å². The number of rotatable bonds is 4. The zero-order valence-corrected chi connectivity index (χ0v) is 12.4. The Labute approximate surface area is 131 Å². The minimum atomic E-state index is -0.403. The second-order valence-electron chi connectivity index (χ2n) is 4.42. The number of nitrogens with two attached hydrogens (primary N) is 1. The molecule has 0 saturated heterocycles. The van der Waals surface area contributed by atoms with Crippen LogP contribution in [0.3, 0.4) is 0 Å². The molecule has 0 unspecified atom stereocenters. The van der Waals surface area contributed by atoms with E-state index in [0.717, 1.165) is 5.56 Å². The summed E-state index contributed by atoms with van der Waals surface area (Å²) in [5, 5.41) is 3.46. The highest BCUT2D eigenvalue weighted by Crippen LogP contribution is 2.22. The van der Waals surface area contributed by atoms with Gasteiger partial charge in [-0.05, 0) is 35.9 Å². The quantitative estimate of drug-likeness (QED) is 0.906. The van der Waals surface area contributed by atoms with Gasteiger partial charge in [0.15, 0.2) is 0 Å². The number of benzene rings is 2. The molecule has 2 rings (SSSR count). The van der Waals surface area contributed by atoms with Crippen molar-refractivity contribution in [2.45, 2.75) is 6.42 Å². The van der Waals surface area contributed by atoms with Gasteiger partial charge in [0.1, 0.15) is 0 Å². The number of nitrogens with one attached hydrogen (secondary N) is 1. The van der Waals surface area contributed by atoms with Crippen LogP contribution in [-0.4, -0.2) is 11.8 Å². The van der Waals surface area contributed by atoms with Crippen LogP contribution < -0.4 is 11.1 Å². The third-order valence-corrected chi connectivity index (χ3v) is 3.31. The lowest BCUT2D eigenvalue weighted by molar-refractivity contribution is -0.117. The van der Waals surface area contributed by atoms with Gasteiger partial charge in [0.2, 0.25) is 5.91 Å². The van der Waals surface area contributed by atoms with E-state index >= 15 is 0 Å². The van der Waals surface area contributed by atoms with E-state index in [1.165, 1.54) is 6.07 Å². The first-order valence-electron chi connectivity index (χ1n) is 6.09. The first-order valence-corrected chi connectivity index (χ1v) is 6.85. The van der Waals surface area contributed by atoms with Crippen molar-refractivity contribution < 1.29 is 9.59 Å². The van der Waals surface area contributed by atoms with Crippen LogP contribution in [0, 0.1) is 0 Å². The number of carbonyl (C=O) groups is 2. The van der Waals surface area contributed by atoms with Crippen molar-refractivity contribution in [1.82, 2.24) is 0 Å². The number of carbonyl (C=O) groups excluding carboxylic acids is 2. The molecule has 0 saturated carbocycles. The van der Waals surface area contributed by atoms with Crippen molar-refractivity contribution in [3.8, 4) is 0 Å². The van der Waals surface area contributed by atoms with Gasteiger partial charge >= 0.3 is 0 Å². The van der Waals surface area contributed by atoms with Crippen LogP contribution in [0.5, 0.6) is 0 Å². The Hall–Kier alpha value is -2.04. The molecule has 0 atom stereocenters. The summed E-state index contributed by atoms with van der Waals surface area (Å²) in [5.74, 6) is -0.737. The number of hydrogen-bond acceptors (Lipinski definition) is 2. The Morgan fingerprint density at radius 3 is 2.29 bits per heavy atom. The summed E-state index contributed by atoms with van der Waals surface area (Å²) < 4.78 is 0.